The molecule has 1 aromatic rings. The highest BCUT2D eigenvalue weighted by molar-refractivity contribution is 6.35. The molecule has 0 saturated carbocycles. The van der Waals surface area contributed by atoms with Crippen LogP contribution in [0.1, 0.15) is 32.3 Å². The van der Waals surface area contributed by atoms with E-state index in [9.17, 15) is 14.7 Å². The number of benzene rings is 1. The number of hydrogen-bond donors (Lipinski definition) is 3. The fourth-order valence-corrected chi connectivity index (χ4v) is 3.36. The Labute approximate surface area is 163 Å². The molecule has 0 aliphatic carbocycles. The van der Waals surface area contributed by atoms with Gasteiger partial charge >= 0.3 is 0 Å². The summed E-state index contributed by atoms with van der Waals surface area (Å²) in [5.41, 5.74) is 5.31. The summed E-state index contributed by atoms with van der Waals surface area (Å²) in [5.74, 6) is -0.783. The summed E-state index contributed by atoms with van der Waals surface area (Å²) in [6.07, 6.45) is 1.41. The van der Waals surface area contributed by atoms with Gasteiger partial charge in [-0.05, 0) is 44.4 Å². The molecule has 1 fully saturated rings. The minimum Gasteiger partial charge on any atom is -0.388 e. The normalized spacial score (nSPS) is 19.2. The van der Waals surface area contributed by atoms with Crippen molar-refractivity contribution in [2.24, 2.45) is 11.7 Å². The summed E-state index contributed by atoms with van der Waals surface area (Å²) in [5, 5.41) is 13.8. The van der Waals surface area contributed by atoms with Crippen LogP contribution in [0, 0.1) is 5.92 Å². The summed E-state index contributed by atoms with van der Waals surface area (Å²) >= 11 is 12.0. The molecule has 2 rings (SSSR count). The van der Waals surface area contributed by atoms with Crippen molar-refractivity contribution >= 4 is 35.0 Å². The number of nitrogens with two attached hydrogens (primary N) is 1. The maximum Gasteiger partial charge on any atom is 0.242 e. The predicted molar refractivity (Wildman–Crippen MR) is 102 cm³/mol. The van der Waals surface area contributed by atoms with Gasteiger partial charge in [-0.15, -0.1) is 0 Å². The van der Waals surface area contributed by atoms with Gasteiger partial charge in [-0.25, -0.2) is 0 Å². The molecule has 1 aromatic carbocycles. The predicted octanol–water partition coefficient (Wildman–Crippen LogP) is 1.95. The van der Waals surface area contributed by atoms with Crippen LogP contribution in [-0.4, -0.2) is 46.6 Å². The van der Waals surface area contributed by atoms with Gasteiger partial charge in [0.15, 0.2) is 0 Å². The highest BCUT2D eigenvalue weighted by atomic mass is 35.5. The van der Waals surface area contributed by atoms with Crippen molar-refractivity contribution in [1.82, 2.24) is 10.2 Å². The molecule has 2 amide bonds. The van der Waals surface area contributed by atoms with Gasteiger partial charge in [-0.3, -0.25) is 9.59 Å². The number of carbonyl (C=O) groups excluding carboxylic acids is 2. The van der Waals surface area contributed by atoms with E-state index in [-0.39, 0.29) is 17.7 Å². The summed E-state index contributed by atoms with van der Waals surface area (Å²) in [6.45, 7) is 4.12. The largest absolute Gasteiger partial charge is 0.388 e. The Bertz CT molecular complexity index is 676. The first-order valence-electron chi connectivity index (χ1n) is 8.58. The molecule has 0 spiro atoms. The van der Waals surface area contributed by atoms with Crippen LogP contribution in [0.2, 0.25) is 10.0 Å². The first-order chi connectivity index (χ1) is 12.1. The van der Waals surface area contributed by atoms with Crippen LogP contribution in [0.5, 0.6) is 0 Å². The molecule has 0 bridgehead atoms. The van der Waals surface area contributed by atoms with Gasteiger partial charge in [-0.2, -0.15) is 0 Å². The fraction of sp³-hybridized carbons (Fsp3) is 0.556. The third kappa shape index (κ3) is 5.33. The van der Waals surface area contributed by atoms with Crippen molar-refractivity contribution in [3.05, 3.63) is 33.8 Å². The van der Waals surface area contributed by atoms with Gasteiger partial charge < -0.3 is 21.1 Å². The van der Waals surface area contributed by atoms with Crippen LogP contribution >= 0.6 is 23.2 Å². The van der Waals surface area contributed by atoms with Crippen molar-refractivity contribution in [3.63, 3.8) is 0 Å². The molecule has 8 heteroatoms. The molecular weight excluding hydrogens is 377 g/mol. The average Bonchev–Trinajstić information content (AvgIpc) is 2.58. The first-order valence-corrected chi connectivity index (χ1v) is 9.33. The summed E-state index contributed by atoms with van der Waals surface area (Å²) in [7, 11) is 0. The lowest BCUT2D eigenvalue weighted by molar-refractivity contribution is -0.141. The Morgan fingerprint density at radius 3 is 2.73 bits per heavy atom. The smallest absolute Gasteiger partial charge is 0.242 e. The molecule has 144 valence electrons. The van der Waals surface area contributed by atoms with E-state index in [2.05, 4.69) is 5.32 Å². The van der Waals surface area contributed by atoms with E-state index >= 15 is 0 Å². The summed E-state index contributed by atoms with van der Waals surface area (Å²) in [4.78, 5) is 26.5. The zero-order chi connectivity index (χ0) is 19.5. The fourth-order valence-electron chi connectivity index (χ4n) is 2.88. The number of carbonyl (C=O) groups is 2. The third-order valence-electron chi connectivity index (χ3n) is 4.60. The van der Waals surface area contributed by atoms with Gasteiger partial charge in [-0.1, -0.05) is 29.3 Å². The van der Waals surface area contributed by atoms with Crippen molar-refractivity contribution in [2.75, 3.05) is 13.1 Å². The third-order valence-corrected chi connectivity index (χ3v) is 5.19. The lowest BCUT2D eigenvalue weighted by atomic mass is 9.93. The van der Waals surface area contributed by atoms with E-state index in [1.54, 1.807) is 23.1 Å². The lowest BCUT2D eigenvalue weighted by Crippen LogP contribution is -2.57. The molecular formula is C18H25Cl2N3O3. The molecule has 0 aromatic heterocycles. The molecule has 1 saturated heterocycles. The second-order valence-corrected chi connectivity index (χ2v) is 8.05. The van der Waals surface area contributed by atoms with Gasteiger partial charge in [0.05, 0.1) is 11.5 Å². The van der Waals surface area contributed by atoms with E-state index in [1.807, 2.05) is 0 Å². The van der Waals surface area contributed by atoms with E-state index in [0.29, 0.717) is 42.5 Å². The van der Waals surface area contributed by atoms with Gasteiger partial charge in [0.25, 0.3) is 0 Å². The van der Waals surface area contributed by atoms with Crippen molar-refractivity contribution in [1.29, 1.82) is 0 Å². The maximum absolute atomic E-state index is 12.5. The highest BCUT2D eigenvalue weighted by Crippen LogP contribution is 2.22. The van der Waals surface area contributed by atoms with Crippen molar-refractivity contribution in [3.8, 4) is 0 Å². The van der Waals surface area contributed by atoms with Crippen LogP contribution in [-0.2, 0) is 16.1 Å². The Morgan fingerprint density at radius 2 is 2.12 bits per heavy atom. The van der Waals surface area contributed by atoms with Crippen molar-refractivity contribution in [2.45, 2.75) is 44.9 Å². The summed E-state index contributed by atoms with van der Waals surface area (Å²) in [6, 6.07) is 4.10. The van der Waals surface area contributed by atoms with Gasteiger partial charge in [0, 0.05) is 29.7 Å². The molecule has 0 unspecified atom stereocenters. The maximum atomic E-state index is 12.5. The lowest BCUT2D eigenvalue weighted by Gasteiger charge is -2.36. The van der Waals surface area contributed by atoms with E-state index in [4.69, 9.17) is 28.9 Å². The van der Waals surface area contributed by atoms with E-state index in [1.165, 1.54) is 13.8 Å². The van der Waals surface area contributed by atoms with Crippen LogP contribution in [0.15, 0.2) is 18.2 Å². The number of likely N-dealkylation sites (tertiary alicyclic amines) is 1. The molecule has 6 nitrogen and oxygen atoms in total. The molecule has 4 N–H and O–H groups in total. The number of aliphatic hydroxyl groups is 1. The molecule has 1 heterocycles. The number of nitrogens with zero attached hydrogens (tertiary/aromatic N) is 1. The zero-order valence-corrected chi connectivity index (χ0v) is 16.5. The summed E-state index contributed by atoms with van der Waals surface area (Å²) < 4.78 is 0. The van der Waals surface area contributed by atoms with Gasteiger partial charge in [0.2, 0.25) is 11.8 Å². The number of amides is 2. The Morgan fingerprint density at radius 1 is 1.42 bits per heavy atom. The van der Waals surface area contributed by atoms with Crippen LogP contribution in [0.4, 0.5) is 0 Å². The Hall–Kier alpha value is -1.34. The SMILES string of the molecule is CC(C)(O)[C@@H](N)C(=O)N1CCC[C@@H](C(=O)NCc2ccc(Cl)cc2Cl)C1. The zero-order valence-electron chi connectivity index (χ0n) is 15.0. The highest BCUT2D eigenvalue weighted by Gasteiger charge is 2.36. The number of nitrogens with one attached hydrogen (secondary N) is 1. The monoisotopic (exact) mass is 401 g/mol. The topological polar surface area (TPSA) is 95.7 Å². The minimum atomic E-state index is -1.31. The van der Waals surface area contributed by atoms with Crippen molar-refractivity contribution < 1.29 is 14.7 Å². The number of rotatable bonds is 5. The second kappa shape index (κ2) is 8.57. The quantitative estimate of drug-likeness (QED) is 0.702. The number of hydrogen-bond acceptors (Lipinski definition) is 4. The molecule has 0 radical (unpaired) electrons. The minimum absolute atomic E-state index is 0.134. The molecule has 2 atom stereocenters. The molecule has 1 aliphatic rings. The first kappa shape index (κ1) is 21.0. The van der Waals surface area contributed by atoms with Crippen LogP contribution in [0.25, 0.3) is 0 Å². The van der Waals surface area contributed by atoms with Crippen LogP contribution < -0.4 is 11.1 Å². The molecule has 1 aliphatic heterocycles. The second-order valence-electron chi connectivity index (χ2n) is 7.21. The Balaban J connectivity index is 1.94. The van der Waals surface area contributed by atoms with E-state index < -0.39 is 11.6 Å². The van der Waals surface area contributed by atoms with Gasteiger partial charge in [0.1, 0.15) is 6.04 Å². The molecule has 26 heavy (non-hydrogen) atoms. The average molecular weight is 402 g/mol. The Kier molecular flexibility index (Phi) is 6.91. The van der Waals surface area contributed by atoms with Crippen LogP contribution in [0.3, 0.4) is 0 Å². The number of halogens is 2. The van der Waals surface area contributed by atoms with E-state index in [0.717, 1.165) is 5.56 Å². The number of piperidine rings is 1. The standard InChI is InChI=1S/C18H25Cl2N3O3/c1-18(2,26)15(21)17(25)23-7-3-4-12(10-23)16(24)22-9-11-5-6-13(19)8-14(11)20/h5-6,8,12,15,26H,3-4,7,9-10,21H2,1-2H3,(H,22,24)/t12-,15+/m1/s1.